The van der Waals surface area contributed by atoms with E-state index in [1.807, 2.05) is 13.8 Å². The van der Waals surface area contributed by atoms with Crippen molar-refractivity contribution in [1.29, 1.82) is 0 Å². The molecular formula is C14H18ClN3O3S. The molecule has 1 atom stereocenters. The van der Waals surface area contributed by atoms with E-state index in [1.165, 1.54) is 0 Å². The van der Waals surface area contributed by atoms with E-state index in [9.17, 15) is 8.42 Å². The Bertz CT molecular complexity index is 726. The first-order valence-electron chi connectivity index (χ1n) is 6.84. The molecule has 0 saturated carbocycles. The summed E-state index contributed by atoms with van der Waals surface area (Å²) in [7, 11) is -3.71. The summed E-state index contributed by atoms with van der Waals surface area (Å²) in [5.74, 6) is 0.255. The first-order chi connectivity index (χ1) is 10.3. The highest BCUT2D eigenvalue weighted by atomic mass is 35.5. The van der Waals surface area contributed by atoms with Gasteiger partial charge in [0.15, 0.2) is 0 Å². The zero-order chi connectivity index (χ0) is 16.3. The summed E-state index contributed by atoms with van der Waals surface area (Å²) in [6.07, 6.45) is 0.638. The van der Waals surface area contributed by atoms with Crippen LogP contribution >= 0.6 is 11.6 Å². The van der Waals surface area contributed by atoms with Gasteiger partial charge in [0.05, 0.1) is 11.8 Å². The Hall–Kier alpha value is -1.44. The monoisotopic (exact) mass is 343 g/mol. The Morgan fingerprint density at radius 1 is 1.23 bits per heavy atom. The Balaban J connectivity index is 2.16. The molecule has 0 aliphatic rings. The minimum absolute atomic E-state index is 0.142. The molecular weight excluding hydrogens is 326 g/mol. The van der Waals surface area contributed by atoms with E-state index in [1.54, 1.807) is 24.3 Å². The maximum atomic E-state index is 12.3. The highest BCUT2D eigenvalue weighted by Crippen LogP contribution is 2.21. The summed E-state index contributed by atoms with van der Waals surface area (Å²) in [5, 5.41) is 7.51. The molecule has 1 aromatic carbocycles. The van der Waals surface area contributed by atoms with Crippen LogP contribution in [-0.2, 0) is 15.6 Å². The molecule has 8 heteroatoms. The lowest BCUT2D eigenvalue weighted by Gasteiger charge is -2.08. The van der Waals surface area contributed by atoms with Crippen LogP contribution in [0.3, 0.4) is 0 Å². The minimum Gasteiger partial charge on any atom is -0.411 e. The second kappa shape index (κ2) is 6.76. The van der Waals surface area contributed by atoms with E-state index in [2.05, 4.69) is 10.2 Å². The quantitative estimate of drug-likeness (QED) is 0.865. The Kier molecular flexibility index (Phi) is 5.20. The standard InChI is InChI=1S/C14H18ClN3O3S/c1-9(2)7-12(16)13-17-18-14(21-13)22(19,20)8-10-3-5-11(15)6-4-10/h3-6,9,12H,7-8,16H2,1-2H3/t12-/m0/s1. The zero-order valence-corrected chi connectivity index (χ0v) is 13.9. The number of hydrogen-bond donors (Lipinski definition) is 1. The summed E-state index contributed by atoms with van der Waals surface area (Å²) >= 11 is 5.78. The van der Waals surface area contributed by atoms with Crippen molar-refractivity contribution in [3.8, 4) is 0 Å². The number of halogens is 1. The normalized spacial score (nSPS) is 13.5. The molecule has 0 spiro atoms. The first kappa shape index (κ1) is 16.9. The van der Waals surface area contributed by atoms with Gasteiger partial charge in [-0.25, -0.2) is 8.42 Å². The van der Waals surface area contributed by atoms with Gasteiger partial charge in [-0.15, -0.1) is 5.10 Å². The van der Waals surface area contributed by atoms with E-state index >= 15 is 0 Å². The predicted molar refractivity (Wildman–Crippen MR) is 83.0 cm³/mol. The van der Waals surface area contributed by atoms with Crippen molar-refractivity contribution in [1.82, 2.24) is 10.2 Å². The third kappa shape index (κ3) is 4.28. The van der Waals surface area contributed by atoms with Crippen LogP contribution in [0.15, 0.2) is 33.9 Å². The van der Waals surface area contributed by atoms with Crippen molar-refractivity contribution in [3.05, 3.63) is 40.7 Å². The number of rotatable bonds is 6. The number of aromatic nitrogens is 2. The molecule has 0 aliphatic heterocycles. The minimum atomic E-state index is -3.71. The predicted octanol–water partition coefficient (Wildman–Crippen LogP) is 2.74. The van der Waals surface area contributed by atoms with Crippen LogP contribution in [0.4, 0.5) is 0 Å². The molecule has 0 bridgehead atoms. The molecule has 2 rings (SSSR count). The number of sulfone groups is 1. The largest absolute Gasteiger partial charge is 0.411 e. The highest BCUT2D eigenvalue weighted by molar-refractivity contribution is 7.90. The number of benzene rings is 1. The molecule has 0 saturated heterocycles. The average molecular weight is 344 g/mol. The van der Waals surface area contributed by atoms with Gasteiger partial charge in [0.25, 0.3) is 0 Å². The van der Waals surface area contributed by atoms with Gasteiger partial charge >= 0.3 is 5.22 Å². The molecule has 1 aromatic heterocycles. The van der Waals surface area contributed by atoms with Crippen LogP contribution < -0.4 is 5.73 Å². The Labute approximate surface area is 134 Å². The van der Waals surface area contributed by atoms with E-state index in [-0.39, 0.29) is 11.6 Å². The third-order valence-electron chi connectivity index (χ3n) is 3.00. The second-order valence-electron chi connectivity index (χ2n) is 5.53. The number of nitrogens with zero attached hydrogens (tertiary/aromatic N) is 2. The molecule has 120 valence electrons. The van der Waals surface area contributed by atoms with Gasteiger partial charge in [-0.1, -0.05) is 42.7 Å². The summed E-state index contributed by atoms with van der Waals surface area (Å²) < 4.78 is 29.8. The van der Waals surface area contributed by atoms with Crippen molar-refractivity contribution in [2.45, 2.75) is 37.3 Å². The molecule has 1 heterocycles. The van der Waals surface area contributed by atoms with Crippen LogP contribution in [0, 0.1) is 5.92 Å². The first-order valence-corrected chi connectivity index (χ1v) is 8.87. The molecule has 0 fully saturated rings. The van der Waals surface area contributed by atoms with Gasteiger partial charge in [-0.05, 0) is 30.0 Å². The van der Waals surface area contributed by atoms with E-state index in [0.29, 0.717) is 22.9 Å². The SMILES string of the molecule is CC(C)C[C@H](N)c1nnc(S(=O)(=O)Cc2ccc(Cl)cc2)o1. The lowest BCUT2D eigenvalue weighted by Crippen LogP contribution is -2.13. The van der Waals surface area contributed by atoms with Gasteiger partial charge in [-0.3, -0.25) is 0 Å². The van der Waals surface area contributed by atoms with Crippen LogP contribution in [0.25, 0.3) is 0 Å². The maximum absolute atomic E-state index is 12.3. The van der Waals surface area contributed by atoms with E-state index in [4.69, 9.17) is 21.8 Å². The molecule has 0 radical (unpaired) electrons. The lowest BCUT2D eigenvalue weighted by molar-refractivity contribution is 0.352. The maximum Gasteiger partial charge on any atom is 0.335 e. The van der Waals surface area contributed by atoms with Crippen molar-refractivity contribution < 1.29 is 12.8 Å². The average Bonchev–Trinajstić information content (AvgIpc) is 2.91. The molecule has 2 N–H and O–H groups in total. The fraction of sp³-hybridized carbons (Fsp3) is 0.429. The molecule has 0 unspecified atom stereocenters. The zero-order valence-electron chi connectivity index (χ0n) is 12.4. The van der Waals surface area contributed by atoms with Crippen molar-refractivity contribution in [3.63, 3.8) is 0 Å². The second-order valence-corrected chi connectivity index (χ2v) is 7.83. The van der Waals surface area contributed by atoms with Crippen LogP contribution in [-0.4, -0.2) is 18.6 Å². The third-order valence-corrected chi connectivity index (χ3v) is 4.66. The smallest absolute Gasteiger partial charge is 0.335 e. The summed E-state index contributed by atoms with van der Waals surface area (Å²) in [6.45, 7) is 4.02. The Morgan fingerprint density at radius 2 is 1.86 bits per heavy atom. The van der Waals surface area contributed by atoms with Gasteiger partial charge in [0.1, 0.15) is 0 Å². The van der Waals surface area contributed by atoms with Gasteiger partial charge < -0.3 is 10.2 Å². The Morgan fingerprint density at radius 3 is 2.45 bits per heavy atom. The molecule has 0 aliphatic carbocycles. The summed E-state index contributed by atoms with van der Waals surface area (Å²) in [6, 6.07) is 6.07. The van der Waals surface area contributed by atoms with Crippen molar-refractivity contribution in [2.75, 3.05) is 0 Å². The van der Waals surface area contributed by atoms with Crippen LogP contribution in [0.2, 0.25) is 5.02 Å². The number of hydrogen-bond acceptors (Lipinski definition) is 6. The highest BCUT2D eigenvalue weighted by Gasteiger charge is 2.25. The van der Waals surface area contributed by atoms with Crippen molar-refractivity contribution >= 4 is 21.4 Å². The molecule has 6 nitrogen and oxygen atoms in total. The fourth-order valence-electron chi connectivity index (χ4n) is 1.97. The summed E-state index contributed by atoms with van der Waals surface area (Å²) in [5.41, 5.74) is 6.51. The topological polar surface area (TPSA) is 99.1 Å². The van der Waals surface area contributed by atoms with Crippen molar-refractivity contribution in [2.24, 2.45) is 11.7 Å². The number of nitrogens with two attached hydrogens (primary N) is 1. The molecule has 0 amide bonds. The fourth-order valence-corrected chi connectivity index (χ4v) is 3.22. The molecule has 2 aromatic rings. The molecule has 22 heavy (non-hydrogen) atoms. The summed E-state index contributed by atoms with van der Waals surface area (Å²) in [4.78, 5) is 0. The van der Waals surface area contributed by atoms with E-state index in [0.717, 1.165) is 0 Å². The van der Waals surface area contributed by atoms with Gasteiger partial charge in [-0.2, -0.15) is 0 Å². The van der Waals surface area contributed by atoms with Crippen LogP contribution in [0.1, 0.15) is 37.8 Å². The van der Waals surface area contributed by atoms with Gasteiger partial charge in [0.2, 0.25) is 15.7 Å². The van der Waals surface area contributed by atoms with Gasteiger partial charge in [0, 0.05) is 5.02 Å². The van der Waals surface area contributed by atoms with Crippen LogP contribution in [0.5, 0.6) is 0 Å². The lowest BCUT2D eigenvalue weighted by atomic mass is 10.1. The van der Waals surface area contributed by atoms with E-state index < -0.39 is 21.1 Å².